The lowest BCUT2D eigenvalue weighted by atomic mass is 10.3. The van der Waals surface area contributed by atoms with Crippen molar-refractivity contribution in [3.05, 3.63) is 17.5 Å². The first-order valence-corrected chi connectivity index (χ1v) is 7.71. The van der Waals surface area contributed by atoms with Gasteiger partial charge in [-0.1, -0.05) is 13.8 Å². The fourth-order valence-electron chi connectivity index (χ4n) is 2.11. The highest BCUT2D eigenvalue weighted by atomic mass is 32.1. The highest BCUT2D eigenvalue weighted by Crippen LogP contribution is 2.00. The van der Waals surface area contributed by atoms with E-state index in [0.717, 1.165) is 44.0 Å². The highest BCUT2D eigenvalue weighted by Gasteiger charge is 2.03. The standard InChI is InChI=1S/C14H27N5S/c1-5-19(6-2)9-7-8-15-14(20)16-11-13-10-12(3)17-18(13)4/h10H,5-9,11H2,1-4H3,(H2,15,16,20). The lowest BCUT2D eigenvalue weighted by Crippen LogP contribution is -2.37. The van der Waals surface area contributed by atoms with Crippen molar-refractivity contribution in [2.45, 2.75) is 33.7 Å². The summed E-state index contributed by atoms with van der Waals surface area (Å²) in [5.74, 6) is 0. The normalized spacial score (nSPS) is 10.8. The Morgan fingerprint density at radius 2 is 2.05 bits per heavy atom. The number of hydrogen-bond acceptors (Lipinski definition) is 3. The van der Waals surface area contributed by atoms with E-state index in [2.05, 4.69) is 40.5 Å². The number of thiocarbonyl (C=S) groups is 1. The molecule has 2 N–H and O–H groups in total. The Labute approximate surface area is 127 Å². The minimum absolute atomic E-state index is 0.708. The van der Waals surface area contributed by atoms with E-state index < -0.39 is 0 Å². The van der Waals surface area contributed by atoms with E-state index in [1.54, 1.807) is 0 Å². The van der Waals surface area contributed by atoms with Gasteiger partial charge >= 0.3 is 0 Å². The van der Waals surface area contributed by atoms with Crippen molar-refractivity contribution in [3.8, 4) is 0 Å². The maximum atomic E-state index is 5.27. The molecule has 0 spiro atoms. The zero-order valence-corrected chi connectivity index (χ0v) is 13.9. The predicted octanol–water partition coefficient (Wildman–Crippen LogP) is 1.42. The van der Waals surface area contributed by atoms with Gasteiger partial charge < -0.3 is 15.5 Å². The van der Waals surface area contributed by atoms with Gasteiger partial charge in [-0.15, -0.1) is 0 Å². The summed E-state index contributed by atoms with van der Waals surface area (Å²) in [6, 6.07) is 2.07. The summed E-state index contributed by atoms with van der Waals surface area (Å²) in [6.45, 7) is 11.3. The van der Waals surface area contributed by atoms with E-state index >= 15 is 0 Å². The molecule has 0 unspecified atom stereocenters. The third-order valence-electron chi connectivity index (χ3n) is 3.36. The molecule has 6 heteroatoms. The molecule has 5 nitrogen and oxygen atoms in total. The molecule has 114 valence electrons. The predicted molar refractivity (Wildman–Crippen MR) is 87.8 cm³/mol. The Kier molecular flexibility index (Phi) is 7.54. The van der Waals surface area contributed by atoms with E-state index in [-0.39, 0.29) is 0 Å². The molecule has 0 aliphatic heterocycles. The molecule has 0 fully saturated rings. The maximum absolute atomic E-state index is 5.27. The van der Waals surface area contributed by atoms with Crippen LogP contribution in [0.1, 0.15) is 31.7 Å². The molecule has 1 aromatic heterocycles. The van der Waals surface area contributed by atoms with Crippen molar-refractivity contribution >= 4 is 17.3 Å². The second kappa shape index (κ2) is 8.92. The monoisotopic (exact) mass is 297 g/mol. The zero-order chi connectivity index (χ0) is 15.0. The molecule has 0 bridgehead atoms. The third kappa shape index (κ3) is 5.88. The van der Waals surface area contributed by atoms with Crippen molar-refractivity contribution in [1.82, 2.24) is 25.3 Å². The second-order valence-corrected chi connectivity index (χ2v) is 5.30. The van der Waals surface area contributed by atoms with E-state index in [1.807, 2.05) is 18.7 Å². The minimum Gasteiger partial charge on any atom is -0.363 e. The van der Waals surface area contributed by atoms with Crippen LogP contribution in [0.5, 0.6) is 0 Å². The van der Waals surface area contributed by atoms with E-state index in [4.69, 9.17) is 12.2 Å². The van der Waals surface area contributed by atoms with Gasteiger partial charge in [0.1, 0.15) is 0 Å². The van der Waals surface area contributed by atoms with Crippen LogP contribution in [0.2, 0.25) is 0 Å². The van der Waals surface area contributed by atoms with Gasteiger partial charge in [0.2, 0.25) is 0 Å². The Hall–Kier alpha value is -1.14. The molecular weight excluding hydrogens is 270 g/mol. The Morgan fingerprint density at radius 1 is 1.35 bits per heavy atom. The van der Waals surface area contributed by atoms with Crippen LogP contribution in [-0.2, 0) is 13.6 Å². The molecular formula is C14H27N5S. The summed E-state index contributed by atoms with van der Waals surface area (Å²) in [4.78, 5) is 2.41. The summed E-state index contributed by atoms with van der Waals surface area (Å²) >= 11 is 5.27. The van der Waals surface area contributed by atoms with Crippen LogP contribution in [0.15, 0.2) is 6.07 Å². The SMILES string of the molecule is CCN(CC)CCCNC(=S)NCc1cc(C)nn1C. The quantitative estimate of drug-likeness (QED) is 0.561. The average molecular weight is 297 g/mol. The molecule has 0 amide bonds. The minimum atomic E-state index is 0.708. The van der Waals surface area contributed by atoms with Gasteiger partial charge in [0, 0.05) is 13.6 Å². The lowest BCUT2D eigenvalue weighted by molar-refractivity contribution is 0.300. The van der Waals surface area contributed by atoms with E-state index in [9.17, 15) is 0 Å². The maximum Gasteiger partial charge on any atom is 0.166 e. The summed E-state index contributed by atoms with van der Waals surface area (Å²) in [7, 11) is 1.95. The summed E-state index contributed by atoms with van der Waals surface area (Å²) in [5, 5.41) is 11.5. The van der Waals surface area contributed by atoms with Gasteiger partial charge in [-0.05, 0) is 51.3 Å². The van der Waals surface area contributed by atoms with Crippen molar-refractivity contribution in [2.24, 2.45) is 7.05 Å². The van der Waals surface area contributed by atoms with Gasteiger partial charge in [0.15, 0.2) is 5.11 Å². The summed E-state index contributed by atoms with van der Waals surface area (Å²) in [5.41, 5.74) is 2.16. The van der Waals surface area contributed by atoms with Crippen LogP contribution in [0, 0.1) is 6.92 Å². The van der Waals surface area contributed by atoms with Crippen LogP contribution in [0.25, 0.3) is 0 Å². The van der Waals surface area contributed by atoms with Crippen molar-refractivity contribution in [1.29, 1.82) is 0 Å². The first kappa shape index (κ1) is 16.9. The molecule has 0 saturated carbocycles. The van der Waals surface area contributed by atoms with Crippen LogP contribution < -0.4 is 10.6 Å². The van der Waals surface area contributed by atoms with Gasteiger partial charge in [0.25, 0.3) is 0 Å². The molecule has 1 aromatic rings. The average Bonchev–Trinajstić information content (AvgIpc) is 2.75. The molecule has 1 rings (SSSR count). The van der Waals surface area contributed by atoms with Crippen molar-refractivity contribution < 1.29 is 0 Å². The molecule has 0 aliphatic rings. The topological polar surface area (TPSA) is 45.1 Å². The van der Waals surface area contributed by atoms with Gasteiger partial charge in [-0.2, -0.15) is 5.10 Å². The van der Waals surface area contributed by atoms with Crippen molar-refractivity contribution in [3.63, 3.8) is 0 Å². The number of aromatic nitrogens is 2. The molecule has 0 saturated heterocycles. The molecule has 1 heterocycles. The number of nitrogens with zero attached hydrogens (tertiary/aromatic N) is 3. The number of rotatable bonds is 8. The van der Waals surface area contributed by atoms with Crippen LogP contribution in [0.3, 0.4) is 0 Å². The van der Waals surface area contributed by atoms with Crippen LogP contribution in [0.4, 0.5) is 0 Å². The van der Waals surface area contributed by atoms with Crippen LogP contribution in [-0.4, -0.2) is 46.0 Å². The summed E-state index contributed by atoms with van der Waals surface area (Å²) in [6.07, 6.45) is 1.11. The Balaban J connectivity index is 2.16. The van der Waals surface area contributed by atoms with Gasteiger partial charge in [0.05, 0.1) is 17.9 Å². The number of hydrogen-bond donors (Lipinski definition) is 2. The molecule has 0 aromatic carbocycles. The van der Waals surface area contributed by atoms with Crippen molar-refractivity contribution in [2.75, 3.05) is 26.2 Å². The Morgan fingerprint density at radius 3 is 2.60 bits per heavy atom. The third-order valence-corrected chi connectivity index (χ3v) is 3.65. The summed E-state index contributed by atoms with van der Waals surface area (Å²) < 4.78 is 1.88. The fraction of sp³-hybridized carbons (Fsp3) is 0.714. The lowest BCUT2D eigenvalue weighted by Gasteiger charge is -2.18. The number of aryl methyl sites for hydroxylation is 2. The number of nitrogens with one attached hydrogen (secondary N) is 2. The fourth-order valence-corrected chi connectivity index (χ4v) is 2.28. The van der Waals surface area contributed by atoms with Crippen LogP contribution >= 0.6 is 12.2 Å². The van der Waals surface area contributed by atoms with Gasteiger partial charge in [-0.25, -0.2) is 0 Å². The zero-order valence-electron chi connectivity index (χ0n) is 13.1. The molecule has 20 heavy (non-hydrogen) atoms. The largest absolute Gasteiger partial charge is 0.363 e. The Bertz CT molecular complexity index is 412. The molecule has 0 atom stereocenters. The highest BCUT2D eigenvalue weighted by molar-refractivity contribution is 7.80. The first-order chi connectivity index (χ1) is 9.56. The second-order valence-electron chi connectivity index (χ2n) is 4.89. The molecule has 0 radical (unpaired) electrons. The van der Waals surface area contributed by atoms with Gasteiger partial charge in [-0.3, -0.25) is 4.68 Å². The van der Waals surface area contributed by atoms with E-state index in [1.165, 1.54) is 0 Å². The molecule has 0 aliphatic carbocycles. The van der Waals surface area contributed by atoms with E-state index in [0.29, 0.717) is 11.7 Å². The first-order valence-electron chi connectivity index (χ1n) is 7.30. The smallest absolute Gasteiger partial charge is 0.166 e.